The first-order valence-corrected chi connectivity index (χ1v) is 11.0. The summed E-state index contributed by atoms with van der Waals surface area (Å²) in [6.45, 7) is 2.83. The number of unbranched alkanes of at least 4 members (excludes halogenated alkanes) is 1. The number of allylic oxidation sites excluding steroid dienone is 1. The molecule has 0 atom stereocenters. The average Bonchev–Trinajstić information content (AvgIpc) is 2.74. The van der Waals surface area contributed by atoms with Crippen LogP contribution in [-0.2, 0) is 10.0 Å². The van der Waals surface area contributed by atoms with E-state index in [-0.39, 0.29) is 4.90 Å². The number of anilines is 1. The first-order chi connectivity index (χ1) is 14.0. The Balaban J connectivity index is 1.82. The lowest BCUT2D eigenvalue weighted by Gasteiger charge is -2.29. The van der Waals surface area contributed by atoms with Crippen molar-refractivity contribution in [3.05, 3.63) is 60.2 Å². The van der Waals surface area contributed by atoms with E-state index in [1.807, 2.05) is 48.3 Å². The lowest BCUT2D eigenvalue weighted by Crippen LogP contribution is -2.31. The summed E-state index contributed by atoms with van der Waals surface area (Å²) >= 11 is 0. The van der Waals surface area contributed by atoms with Gasteiger partial charge in [-0.05, 0) is 42.8 Å². The summed E-state index contributed by atoms with van der Waals surface area (Å²) in [4.78, 5) is 4.52. The third-order valence-electron chi connectivity index (χ3n) is 4.47. The van der Waals surface area contributed by atoms with Crippen LogP contribution in [0.3, 0.4) is 0 Å². The highest BCUT2D eigenvalue weighted by molar-refractivity contribution is 7.89. The first kappa shape index (κ1) is 20.9. The van der Waals surface area contributed by atoms with Gasteiger partial charge in [-0.15, -0.1) is 0 Å². The van der Waals surface area contributed by atoms with E-state index < -0.39 is 10.0 Å². The maximum atomic E-state index is 12.5. The summed E-state index contributed by atoms with van der Waals surface area (Å²) < 4.78 is 33.2. The van der Waals surface area contributed by atoms with Crippen LogP contribution in [0, 0.1) is 0 Å². The summed E-state index contributed by atoms with van der Waals surface area (Å²) in [6, 6.07) is 14.5. The zero-order chi connectivity index (χ0) is 20.7. The Labute approximate surface area is 172 Å². The highest BCUT2D eigenvalue weighted by Crippen LogP contribution is 2.30. The van der Waals surface area contributed by atoms with Crippen molar-refractivity contribution in [2.75, 3.05) is 25.7 Å². The van der Waals surface area contributed by atoms with E-state index in [0.29, 0.717) is 18.9 Å². The molecule has 0 bridgehead atoms. The smallest absolute Gasteiger partial charge is 0.240 e. The molecule has 7 nitrogen and oxygen atoms in total. The highest BCUT2D eigenvalue weighted by Gasteiger charge is 2.18. The minimum atomic E-state index is -3.54. The Morgan fingerprint density at radius 1 is 1.17 bits per heavy atom. The molecule has 3 rings (SSSR count). The number of rotatable bonds is 9. The largest absolute Gasteiger partial charge is 0.496 e. The van der Waals surface area contributed by atoms with Gasteiger partial charge < -0.3 is 4.74 Å². The van der Waals surface area contributed by atoms with Gasteiger partial charge in [0.15, 0.2) is 0 Å². The quantitative estimate of drug-likeness (QED) is 0.614. The number of nitrogens with zero attached hydrogens (tertiary/aromatic N) is 2. The van der Waals surface area contributed by atoms with Crippen LogP contribution in [0.1, 0.15) is 25.3 Å². The molecule has 1 aliphatic rings. The third-order valence-corrected chi connectivity index (χ3v) is 5.92. The number of hydrazine groups is 1. The van der Waals surface area contributed by atoms with Crippen molar-refractivity contribution in [2.24, 2.45) is 4.99 Å². The van der Waals surface area contributed by atoms with Crippen molar-refractivity contribution in [1.29, 1.82) is 0 Å². The fourth-order valence-corrected chi connectivity index (χ4v) is 4.08. The van der Waals surface area contributed by atoms with Crippen LogP contribution >= 0.6 is 0 Å². The molecule has 0 fully saturated rings. The molecule has 1 aliphatic heterocycles. The molecule has 2 aromatic rings. The highest BCUT2D eigenvalue weighted by atomic mass is 32.2. The van der Waals surface area contributed by atoms with Gasteiger partial charge in [0, 0.05) is 18.3 Å². The summed E-state index contributed by atoms with van der Waals surface area (Å²) in [5.41, 5.74) is 5.71. The summed E-state index contributed by atoms with van der Waals surface area (Å²) in [5.74, 6) is 0.748. The number of ether oxygens (including phenoxy) is 1. The van der Waals surface area contributed by atoms with E-state index in [4.69, 9.17) is 4.74 Å². The van der Waals surface area contributed by atoms with Gasteiger partial charge in [-0.25, -0.2) is 13.1 Å². The number of aliphatic imine (C=N–C) groups is 1. The van der Waals surface area contributed by atoms with Crippen molar-refractivity contribution in [2.45, 2.75) is 24.7 Å². The van der Waals surface area contributed by atoms with Gasteiger partial charge in [-0.2, -0.15) is 0 Å². The van der Waals surface area contributed by atoms with Crippen LogP contribution in [0.4, 0.5) is 5.69 Å². The molecule has 8 heteroatoms. The zero-order valence-electron chi connectivity index (χ0n) is 16.6. The molecule has 0 saturated heterocycles. The van der Waals surface area contributed by atoms with E-state index in [1.54, 1.807) is 31.5 Å². The molecule has 0 aromatic heterocycles. The van der Waals surface area contributed by atoms with Crippen LogP contribution in [-0.4, -0.2) is 40.0 Å². The van der Waals surface area contributed by atoms with E-state index in [2.05, 4.69) is 15.1 Å². The second-order valence-electron chi connectivity index (χ2n) is 6.54. The third kappa shape index (κ3) is 5.16. The lowest BCUT2D eigenvalue weighted by molar-refractivity contribution is 0.409. The Hall–Kier alpha value is -2.84. The SMILES string of the molecule is CCCCNS(=O)(=O)c1cccc(NN2CN=CC=C2c2ccccc2OC)c1. The maximum absolute atomic E-state index is 12.5. The lowest BCUT2D eigenvalue weighted by atomic mass is 10.1. The first-order valence-electron chi connectivity index (χ1n) is 9.52. The number of sulfonamides is 1. The number of benzene rings is 2. The molecule has 1 heterocycles. The standard InChI is InChI=1S/C21H26N4O3S/c1-3-4-13-23-29(26,27)18-9-7-8-17(15-18)24-25-16-22-14-12-20(25)19-10-5-6-11-21(19)28-2/h5-12,14-15,23-24H,3-4,13,16H2,1-2H3. The zero-order valence-corrected chi connectivity index (χ0v) is 17.4. The van der Waals surface area contributed by atoms with Crippen LogP contribution in [0.15, 0.2) is 64.5 Å². The van der Waals surface area contributed by atoms with Crippen molar-refractivity contribution in [1.82, 2.24) is 9.73 Å². The van der Waals surface area contributed by atoms with E-state index in [9.17, 15) is 8.42 Å². The van der Waals surface area contributed by atoms with Crippen molar-refractivity contribution < 1.29 is 13.2 Å². The van der Waals surface area contributed by atoms with Gasteiger partial charge in [0.05, 0.1) is 23.4 Å². The van der Waals surface area contributed by atoms with Crippen LogP contribution in [0.5, 0.6) is 5.75 Å². The number of hydrogen-bond acceptors (Lipinski definition) is 6. The number of nitrogens with one attached hydrogen (secondary N) is 2. The fraction of sp³-hybridized carbons (Fsp3) is 0.286. The Morgan fingerprint density at radius 3 is 2.79 bits per heavy atom. The Bertz CT molecular complexity index is 1000. The molecule has 0 unspecified atom stereocenters. The Kier molecular flexibility index (Phi) is 6.90. The van der Waals surface area contributed by atoms with Gasteiger partial charge in [0.1, 0.15) is 12.4 Å². The topological polar surface area (TPSA) is 83.0 Å². The van der Waals surface area contributed by atoms with Crippen molar-refractivity contribution in [3.8, 4) is 5.75 Å². The summed E-state index contributed by atoms with van der Waals surface area (Å²) in [6.07, 6.45) is 5.37. The maximum Gasteiger partial charge on any atom is 0.240 e. The van der Waals surface area contributed by atoms with E-state index in [1.165, 1.54) is 0 Å². The number of methoxy groups -OCH3 is 1. The predicted octanol–water partition coefficient (Wildman–Crippen LogP) is 3.49. The van der Waals surface area contributed by atoms with Gasteiger partial charge >= 0.3 is 0 Å². The van der Waals surface area contributed by atoms with Gasteiger partial charge in [-0.3, -0.25) is 15.4 Å². The van der Waals surface area contributed by atoms with Crippen LogP contribution in [0.2, 0.25) is 0 Å². The molecule has 0 aliphatic carbocycles. The van der Waals surface area contributed by atoms with Crippen molar-refractivity contribution in [3.63, 3.8) is 0 Å². The van der Waals surface area contributed by atoms with Gasteiger partial charge in [0.25, 0.3) is 0 Å². The molecular weight excluding hydrogens is 388 g/mol. The normalized spacial score (nSPS) is 13.9. The van der Waals surface area contributed by atoms with E-state index >= 15 is 0 Å². The second kappa shape index (κ2) is 9.58. The molecule has 154 valence electrons. The van der Waals surface area contributed by atoms with Crippen molar-refractivity contribution >= 4 is 27.6 Å². The van der Waals surface area contributed by atoms with Crippen LogP contribution in [0.25, 0.3) is 5.70 Å². The minimum absolute atomic E-state index is 0.224. The molecule has 0 amide bonds. The molecule has 29 heavy (non-hydrogen) atoms. The second-order valence-corrected chi connectivity index (χ2v) is 8.31. The van der Waals surface area contributed by atoms with Gasteiger partial charge in [0.2, 0.25) is 10.0 Å². The molecular formula is C21H26N4O3S. The molecule has 2 N–H and O–H groups in total. The number of para-hydroxylation sites is 1. The van der Waals surface area contributed by atoms with Gasteiger partial charge in [-0.1, -0.05) is 31.5 Å². The monoisotopic (exact) mass is 414 g/mol. The molecule has 2 aromatic carbocycles. The summed E-state index contributed by atoms with van der Waals surface area (Å²) in [5, 5.41) is 1.86. The average molecular weight is 415 g/mol. The molecule has 0 saturated carbocycles. The molecule has 0 spiro atoms. The summed E-state index contributed by atoms with van der Waals surface area (Å²) in [7, 11) is -1.91. The molecule has 0 radical (unpaired) electrons. The fourth-order valence-electron chi connectivity index (χ4n) is 2.96. The number of hydrogen-bond donors (Lipinski definition) is 2. The van der Waals surface area contributed by atoms with E-state index in [0.717, 1.165) is 29.9 Å². The minimum Gasteiger partial charge on any atom is -0.496 e. The Morgan fingerprint density at radius 2 is 2.00 bits per heavy atom. The predicted molar refractivity (Wildman–Crippen MR) is 116 cm³/mol. The van der Waals surface area contributed by atoms with Crippen LogP contribution < -0.4 is 14.9 Å².